The van der Waals surface area contributed by atoms with Crippen LogP contribution in [0.1, 0.15) is 45.6 Å². The highest BCUT2D eigenvalue weighted by molar-refractivity contribution is 5.67. The van der Waals surface area contributed by atoms with E-state index in [4.69, 9.17) is 4.74 Å². The van der Waals surface area contributed by atoms with Gasteiger partial charge in [-0.1, -0.05) is 30.3 Å². The lowest BCUT2D eigenvalue weighted by Crippen LogP contribution is -2.69. The maximum atomic E-state index is 12.1. The number of carbonyl (C=O) groups is 2. The summed E-state index contributed by atoms with van der Waals surface area (Å²) in [6, 6.07) is 9.42. The molecule has 0 spiro atoms. The Morgan fingerprint density at radius 3 is 2.31 bits per heavy atom. The van der Waals surface area contributed by atoms with Gasteiger partial charge in [-0.2, -0.15) is 0 Å². The van der Waals surface area contributed by atoms with Crippen molar-refractivity contribution in [2.75, 3.05) is 19.8 Å². The molecule has 1 aromatic carbocycles. The number of amides is 2. The van der Waals surface area contributed by atoms with Gasteiger partial charge in [0.2, 0.25) is 0 Å². The zero-order valence-electron chi connectivity index (χ0n) is 15.9. The van der Waals surface area contributed by atoms with Crippen LogP contribution in [0.4, 0.5) is 9.59 Å². The second-order valence-electron chi connectivity index (χ2n) is 7.75. The summed E-state index contributed by atoms with van der Waals surface area (Å²) >= 11 is 0. The van der Waals surface area contributed by atoms with Crippen molar-refractivity contribution in [1.29, 1.82) is 0 Å². The highest BCUT2D eigenvalue weighted by Gasteiger charge is 2.38. The number of alkyl carbamates (subject to hydrolysis) is 1. The molecule has 7 heteroatoms. The van der Waals surface area contributed by atoms with E-state index in [1.807, 2.05) is 30.3 Å². The van der Waals surface area contributed by atoms with Crippen molar-refractivity contribution < 1.29 is 24.0 Å². The number of benzene rings is 1. The second-order valence-corrected chi connectivity index (χ2v) is 7.75. The van der Waals surface area contributed by atoms with Crippen LogP contribution in [0, 0.1) is 0 Å². The summed E-state index contributed by atoms with van der Waals surface area (Å²) in [6.45, 7) is 7.03. The van der Waals surface area contributed by atoms with E-state index in [9.17, 15) is 14.7 Å². The van der Waals surface area contributed by atoms with E-state index in [0.717, 1.165) is 24.8 Å². The minimum atomic E-state index is -1.23. The molecule has 0 saturated carbocycles. The third kappa shape index (κ3) is 5.62. The number of carboxylic acid groups (broad SMARTS) is 1. The molecule has 144 valence electrons. The molecule has 1 N–H and O–H groups in total. The fourth-order valence-corrected chi connectivity index (χ4v) is 3.26. The smallest absolute Gasteiger partial charge is 0.412 e. The summed E-state index contributed by atoms with van der Waals surface area (Å²) in [6.07, 6.45) is 1.07. The molecule has 0 unspecified atom stereocenters. The lowest BCUT2D eigenvalue weighted by molar-refractivity contribution is -1.03. The zero-order valence-corrected chi connectivity index (χ0v) is 15.9. The van der Waals surface area contributed by atoms with Crippen molar-refractivity contribution in [1.82, 2.24) is 10.3 Å². The number of hydrogen-bond acceptors (Lipinski definition) is 4. The number of rotatable bonds is 5. The molecule has 2 amide bonds. The van der Waals surface area contributed by atoms with Gasteiger partial charge in [-0.15, -0.1) is 0 Å². The molecule has 1 aliphatic rings. The van der Waals surface area contributed by atoms with Crippen molar-refractivity contribution in [3.05, 3.63) is 35.9 Å². The van der Waals surface area contributed by atoms with E-state index < -0.39 is 17.8 Å². The molecule has 0 aliphatic carbocycles. The Kier molecular flexibility index (Phi) is 6.47. The van der Waals surface area contributed by atoms with Crippen LogP contribution in [0.15, 0.2) is 30.3 Å². The van der Waals surface area contributed by atoms with Crippen LogP contribution in [-0.2, 0) is 11.3 Å². The maximum absolute atomic E-state index is 12.1. The molecule has 0 radical (unpaired) electrons. The Hall–Kier alpha value is -2.28. The molecule has 1 aromatic rings. The third-order valence-corrected chi connectivity index (χ3v) is 4.46. The largest absolute Gasteiger partial charge is 0.526 e. The number of carbonyl (C=O) groups excluding carboxylic acids is 2. The van der Waals surface area contributed by atoms with Crippen LogP contribution >= 0.6 is 0 Å². The number of likely N-dealkylation sites (tertiary alicyclic amines) is 1. The van der Waals surface area contributed by atoms with Gasteiger partial charge >= 0.3 is 6.09 Å². The molecule has 1 fully saturated rings. The van der Waals surface area contributed by atoms with Crippen molar-refractivity contribution in [3.63, 3.8) is 0 Å². The first kappa shape index (κ1) is 20.0. The predicted molar refractivity (Wildman–Crippen MR) is 95.5 cm³/mol. The normalized spacial score (nSPS) is 16.6. The molecule has 1 saturated heterocycles. The van der Waals surface area contributed by atoms with Crippen LogP contribution in [0.2, 0.25) is 0 Å². The van der Waals surface area contributed by atoms with E-state index in [1.54, 1.807) is 20.8 Å². The van der Waals surface area contributed by atoms with E-state index >= 15 is 0 Å². The topological polar surface area (TPSA) is 81.7 Å². The molecular formula is C19H29N3O4. The molecule has 7 nitrogen and oxygen atoms in total. The number of piperidine rings is 1. The van der Waals surface area contributed by atoms with Crippen LogP contribution in [-0.4, -0.2) is 47.1 Å². The van der Waals surface area contributed by atoms with Crippen molar-refractivity contribution >= 4 is 12.2 Å². The van der Waals surface area contributed by atoms with Gasteiger partial charge in [-0.05, 0) is 45.6 Å². The van der Waals surface area contributed by atoms with E-state index in [2.05, 4.69) is 5.32 Å². The Morgan fingerprint density at radius 1 is 1.15 bits per heavy atom. The van der Waals surface area contributed by atoms with Gasteiger partial charge in [-0.25, -0.2) is 14.4 Å². The monoisotopic (exact) mass is 363 g/mol. The van der Waals surface area contributed by atoms with E-state index in [-0.39, 0.29) is 17.8 Å². The summed E-state index contributed by atoms with van der Waals surface area (Å²) < 4.78 is 5.43. The third-order valence-electron chi connectivity index (χ3n) is 4.46. The highest BCUT2D eigenvalue weighted by atomic mass is 16.6. The Labute approximate surface area is 155 Å². The first-order valence-electron chi connectivity index (χ1n) is 9.08. The van der Waals surface area contributed by atoms with Gasteiger partial charge in [0.05, 0.1) is 6.54 Å². The van der Waals surface area contributed by atoms with Gasteiger partial charge < -0.3 is 14.6 Å². The fraction of sp³-hybridized carbons (Fsp3) is 0.579. The summed E-state index contributed by atoms with van der Waals surface area (Å²) in [4.78, 5) is 24.0. The summed E-state index contributed by atoms with van der Waals surface area (Å²) in [5, 5.41) is 16.0. The minimum Gasteiger partial charge on any atom is -0.526 e. The van der Waals surface area contributed by atoms with Gasteiger partial charge in [0.15, 0.2) is 12.8 Å². The number of nitrogens with one attached hydrogen (secondary N) is 1. The van der Waals surface area contributed by atoms with Gasteiger partial charge in [0, 0.05) is 0 Å². The molecule has 1 aliphatic heterocycles. The number of nitrogens with zero attached hydrogens (tertiary/aromatic N) is 2. The second kappa shape index (κ2) is 8.40. The zero-order chi connectivity index (χ0) is 19.2. The van der Waals surface area contributed by atoms with Gasteiger partial charge in [0.1, 0.15) is 18.7 Å². The Morgan fingerprint density at radius 2 is 1.77 bits per heavy atom. The first-order valence-corrected chi connectivity index (χ1v) is 9.08. The standard InChI is InChI=1S/C19H29N3O4/c1-19(2,3)26-17(23)20-15-22(12-8-5-9-13-22)21(18(24)25)14-16-10-6-4-7-11-16/h4,6-7,10-11H,5,8-9,12-15H2,1-3H3,(H-,20,23,24,25). The Balaban J connectivity index is 2.16. The Bertz CT molecular complexity index is 607. The molecule has 0 aromatic heterocycles. The number of quaternary nitrogens is 1. The average Bonchev–Trinajstić information content (AvgIpc) is 2.58. The number of ether oxygens (including phenoxy) is 1. The van der Waals surface area contributed by atoms with Crippen LogP contribution < -0.4 is 10.4 Å². The summed E-state index contributed by atoms with van der Waals surface area (Å²) in [5.74, 6) is 0. The van der Waals surface area contributed by atoms with Crippen molar-refractivity contribution in [3.8, 4) is 0 Å². The van der Waals surface area contributed by atoms with Crippen molar-refractivity contribution in [2.24, 2.45) is 0 Å². The molecule has 0 atom stereocenters. The maximum Gasteiger partial charge on any atom is 0.412 e. The van der Waals surface area contributed by atoms with Crippen LogP contribution in [0.5, 0.6) is 0 Å². The molecule has 0 bridgehead atoms. The fourth-order valence-electron chi connectivity index (χ4n) is 3.26. The molecular weight excluding hydrogens is 334 g/mol. The predicted octanol–water partition coefficient (Wildman–Crippen LogP) is 2.23. The van der Waals surface area contributed by atoms with Gasteiger partial charge in [0.25, 0.3) is 0 Å². The van der Waals surface area contributed by atoms with Crippen LogP contribution in [0.25, 0.3) is 0 Å². The quantitative estimate of drug-likeness (QED) is 0.814. The first-order chi connectivity index (χ1) is 12.2. The average molecular weight is 363 g/mol. The minimum absolute atomic E-state index is 0.135. The summed E-state index contributed by atoms with van der Waals surface area (Å²) in [7, 11) is 0. The molecule has 1 heterocycles. The van der Waals surface area contributed by atoms with E-state index in [0.29, 0.717) is 13.1 Å². The molecule has 26 heavy (non-hydrogen) atoms. The van der Waals surface area contributed by atoms with E-state index in [1.165, 1.54) is 5.01 Å². The highest BCUT2D eigenvalue weighted by Crippen LogP contribution is 2.23. The lowest BCUT2D eigenvalue weighted by Gasteiger charge is -2.48. The lowest BCUT2D eigenvalue weighted by atomic mass is 10.1. The van der Waals surface area contributed by atoms with Crippen LogP contribution in [0.3, 0.4) is 0 Å². The van der Waals surface area contributed by atoms with Gasteiger partial charge in [-0.3, -0.25) is 5.32 Å². The molecule has 2 rings (SSSR count). The van der Waals surface area contributed by atoms with Crippen molar-refractivity contribution in [2.45, 2.75) is 52.2 Å². The summed E-state index contributed by atoms with van der Waals surface area (Å²) in [5.41, 5.74) is 0.284. The SMILES string of the molecule is CC(C)(C)OC(=O)NC[N+]1(N(Cc2ccccc2)C(=O)[O-])CCCCC1. The number of hydrogen-bond donors (Lipinski definition) is 1.